The van der Waals surface area contributed by atoms with Crippen LogP contribution in [0.5, 0.6) is 0 Å². The molecule has 0 aliphatic carbocycles. The van der Waals surface area contributed by atoms with E-state index in [1.807, 2.05) is 6.92 Å². The Hall–Kier alpha value is -1.71. The minimum absolute atomic E-state index is 0.470. The van der Waals surface area contributed by atoms with Crippen LogP contribution < -0.4 is 17.2 Å². The Labute approximate surface area is 77.7 Å². The van der Waals surface area contributed by atoms with E-state index in [1.54, 1.807) is 18.2 Å². The van der Waals surface area contributed by atoms with Gasteiger partial charge in [0.15, 0.2) is 0 Å². The first-order valence-electron chi connectivity index (χ1n) is 3.96. The van der Waals surface area contributed by atoms with Gasteiger partial charge in [-0.2, -0.15) is 0 Å². The normalized spacial score (nSPS) is 8.38. The van der Waals surface area contributed by atoms with E-state index in [4.69, 9.17) is 17.2 Å². The van der Waals surface area contributed by atoms with Gasteiger partial charge >= 0.3 is 0 Å². The third kappa shape index (κ3) is 4.00. The zero-order chi connectivity index (χ0) is 10.3. The molecule has 0 aliphatic heterocycles. The number of anilines is 3. The summed E-state index contributed by atoms with van der Waals surface area (Å²) in [6, 6.07) is 5.19. The molecule has 0 radical (unpaired) electrons. The van der Waals surface area contributed by atoms with Gasteiger partial charge in [0.2, 0.25) is 0 Å². The summed E-state index contributed by atoms with van der Waals surface area (Å²) in [6.45, 7) is 1.81. The zero-order valence-electron chi connectivity index (χ0n) is 7.66. The summed E-state index contributed by atoms with van der Waals surface area (Å²) in [4.78, 5) is 9.17. The van der Waals surface area contributed by atoms with E-state index in [9.17, 15) is 4.79 Å². The lowest BCUT2D eigenvalue weighted by Crippen LogP contribution is -1.98. The summed E-state index contributed by atoms with van der Waals surface area (Å²) in [5, 5.41) is 0. The molecule has 6 N–H and O–H groups in total. The molecule has 0 aromatic heterocycles. The lowest BCUT2D eigenvalue weighted by Gasteiger charge is -2.00. The van der Waals surface area contributed by atoms with Gasteiger partial charge in [0.1, 0.15) is 6.29 Å². The van der Waals surface area contributed by atoms with E-state index in [0.717, 1.165) is 6.29 Å². The molecule has 0 saturated heterocycles. The van der Waals surface area contributed by atoms with Crippen molar-refractivity contribution in [3.05, 3.63) is 18.2 Å². The Morgan fingerprint density at radius 3 is 1.85 bits per heavy atom. The van der Waals surface area contributed by atoms with Crippen molar-refractivity contribution in [2.75, 3.05) is 17.2 Å². The van der Waals surface area contributed by atoms with Crippen molar-refractivity contribution in [2.24, 2.45) is 0 Å². The Kier molecular flexibility index (Phi) is 5.11. The molecule has 0 aliphatic rings. The molecule has 13 heavy (non-hydrogen) atoms. The summed E-state index contributed by atoms with van der Waals surface area (Å²) in [7, 11) is 0. The average molecular weight is 181 g/mol. The summed E-state index contributed by atoms with van der Waals surface area (Å²) < 4.78 is 0. The van der Waals surface area contributed by atoms with Crippen LogP contribution >= 0.6 is 0 Å². The fraction of sp³-hybridized carbons (Fsp3) is 0.222. The maximum Gasteiger partial charge on any atom is 0.119 e. The van der Waals surface area contributed by atoms with Crippen LogP contribution in [0, 0.1) is 0 Å². The van der Waals surface area contributed by atoms with E-state index in [-0.39, 0.29) is 0 Å². The smallest absolute Gasteiger partial charge is 0.119 e. The highest BCUT2D eigenvalue weighted by Crippen LogP contribution is 2.20. The van der Waals surface area contributed by atoms with Crippen LogP contribution in [0.25, 0.3) is 0 Å². The lowest BCUT2D eigenvalue weighted by molar-refractivity contribution is -0.107. The molecule has 0 unspecified atom stereocenters. The first-order valence-corrected chi connectivity index (χ1v) is 3.96. The van der Waals surface area contributed by atoms with Crippen molar-refractivity contribution >= 4 is 23.3 Å². The fourth-order valence-corrected chi connectivity index (χ4v) is 0.602. The zero-order valence-corrected chi connectivity index (χ0v) is 7.66. The van der Waals surface area contributed by atoms with Crippen LogP contribution in [-0.4, -0.2) is 6.29 Å². The second kappa shape index (κ2) is 5.88. The standard InChI is InChI=1S/C6H9N3.C3H6O/c7-4-2-1-3-5(8)6(4)9;1-2-3-4/h1-3H,7-9H2;3H,2H2,1H3. The molecule has 4 nitrogen and oxygen atoms in total. The highest BCUT2D eigenvalue weighted by atomic mass is 16.1. The molecule has 0 spiro atoms. The van der Waals surface area contributed by atoms with Gasteiger partial charge in [-0.15, -0.1) is 0 Å². The summed E-state index contributed by atoms with van der Waals surface area (Å²) >= 11 is 0. The number of benzene rings is 1. The molecule has 0 bridgehead atoms. The van der Waals surface area contributed by atoms with E-state index >= 15 is 0 Å². The second-order valence-corrected chi connectivity index (χ2v) is 2.43. The number of aldehydes is 1. The number of carbonyl (C=O) groups excluding carboxylic acids is 1. The molecule has 0 amide bonds. The highest BCUT2D eigenvalue weighted by Gasteiger charge is 1.94. The number of nitrogens with two attached hydrogens (primary N) is 3. The molecule has 0 saturated carbocycles. The van der Waals surface area contributed by atoms with Crippen LogP contribution in [0.3, 0.4) is 0 Å². The molecule has 72 valence electrons. The largest absolute Gasteiger partial charge is 0.397 e. The third-order valence-electron chi connectivity index (χ3n) is 1.34. The number of hydrogen-bond donors (Lipinski definition) is 3. The van der Waals surface area contributed by atoms with Crippen molar-refractivity contribution in [1.29, 1.82) is 0 Å². The second-order valence-electron chi connectivity index (χ2n) is 2.43. The molecule has 0 fully saturated rings. The average Bonchev–Trinajstić information content (AvgIpc) is 2.14. The summed E-state index contributed by atoms with van der Waals surface area (Å²) in [5.74, 6) is 0. The molecule has 4 heteroatoms. The predicted molar refractivity (Wildman–Crippen MR) is 56.0 cm³/mol. The van der Waals surface area contributed by atoms with Crippen molar-refractivity contribution < 1.29 is 4.79 Å². The fourth-order valence-electron chi connectivity index (χ4n) is 0.602. The van der Waals surface area contributed by atoms with Gasteiger partial charge in [-0.05, 0) is 12.1 Å². The van der Waals surface area contributed by atoms with Crippen molar-refractivity contribution in [3.8, 4) is 0 Å². The number of carbonyl (C=O) groups is 1. The van der Waals surface area contributed by atoms with Gasteiger partial charge in [-0.1, -0.05) is 13.0 Å². The van der Waals surface area contributed by atoms with Gasteiger partial charge < -0.3 is 22.0 Å². The number of hydrogen-bond acceptors (Lipinski definition) is 4. The van der Waals surface area contributed by atoms with Crippen LogP contribution in [0.15, 0.2) is 18.2 Å². The lowest BCUT2D eigenvalue weighted by atomic mass is 10.2. The van der Waals surface area contributed by atoms with Gasteiger partial charge in [-0.25, -0.2) is 0 Å². The molecular weight excluding hydrogens is 166 g/mol. The van der Waals surface area contributed by atoms with Crippen LogP contribution in [-0.2, 0) is 4.79 Å². The molecular formula is C9H15N3O. The third-order valence-corrected chi connectivity index (χ3v) is 1.34. The maximum absolute atomic E-state index is 9.17. The van der Waals surface area contributed by atoms with E-state index in [2.05, 4.69) is 0 Å². The number of nitrogen functional groups attached to an aromatic ring is 3. The monoisotopic (exact) mass is 181 g/mol. The Morgan fingerprint density at radius 2 is 1.62 bits per heavy atom. The van der Waals surface area contributed by atoms with E-state index in [1.165, 1.54) is 0 Å². The first-order chi connectivity index (χ1) is 6.13. The topological polar surface area (TPSA) is 95.1 Å². The summed E-state index contributed by atoms with van der Waals surface area (Å²) in [5.41, 5.74) is 17.8. The minimum atomic E-state index is 0.470. The van der Waals surface area contributed by atoms with Crippen molar-refractivity contribution in [3.63, 3.8) is 0 Å². The Balaban J connectivity index is 0.000000310. The van der Waals surface area contributed by atoms with Gasteiger partial charge in [0, 0.05) is 6.42 Å². The molecule has 1 rings (SSSR count). The Bertz CT molecular complexity index is 253. The van der Waals surface area contributed by atoms with Crippen LogP contribution in [0.1, 0.15) is 13.3 Å². The molecule has 0 heterocycles. The van der Waals surface area contributed by atoms with Gasteiger partial charge in [-0.3, -0.25) is 0 Å². The van der Waals surface area contributed by atoms with Crippen molar-refractivity contribution in [1.82, 2.24) is 0 Å². The molecule has 1 aromatic rings. The van der Waals surface area contributed by atoms with Gasteiger partial charge in [0.25, 0.3) is 0 Å². The molecule has 0 atom stereocenters. The van der Waals surface area contributed by atoms with Crippen LogP contribution in [0.2, 0.25) is 0 Å². The number of rotatable bonds is 1. The quantitative estimate of drug-likeness (QED) is 0.445. The number of para-hydroxylation sites is 1. The maximum atomic E-state index is 9.17. The van der Waals surface area contributed by atoms with E-state index in [0.29, 0.717) is 23.5 Å². The first kappa shape index (κ1) is 11.3. The van der Waals surface area contributed by atoms with Gasteiger partial charge in [0.05, 0.1) is 17.1 Å². The predicted octanol–water partition coefficient (Wildman–Crippen LogP) is 1.03. The molecule has 1 aromatic carbocycles. The van der Waals surface area contributed by atoms with Crippen LogP contribution in [0.4, 0.5) is 17.1 Å². The van der Waals surface area contributed by atoms with E-state index < -0.39 is 0 Å². The Morgan fingerprint density at radius 1 is 1.23 bits per heavy atom. The minimum Gasteiger partial charge on any atom is -0.397 e. The van der Waals surface area contributed by atoms with Crippen molar-refractivity contribution in [2.45, 2.75) is 13.3 Å². The SMILES string of the molecule is CCC=O.Nc1cccc(N)c1N. The highest BCUT2D eigenvalue weighted by molar-refractivity contribution is 5.76. The summed E-state index contributed by atoms with van der Waals surface area (Å²) in [6.07, 6.45) is 1.51.